The minimum absolute atomic E-state index is 0.0894. The van der Waals surface area contributed by atoms with Gasteiger partial charge in [0.05, 0.1) is 35.3 Å². The van der Waals surface area contributed by atoms with Crippen LogP contribution >= 0.6 is 0 Å². The maximum Gasteiger partial charge on any atom is 0.410 e. The molecule has 36 heavy (non-hydrogen) atoms. The lowest BCUT2D eigenvalue weighted by Gasteiger charge is -2.27. The molecular formula is C29H29N5O2. The molecule has 1 atom stereocenters. The van der Waals surface area contributed by atoms with Crippen molar-refractivity contribution in [3.8, 4) is 23.1 Å². The largest absolute Gasteiger partial charge is 0.444 e. The number of imidazole rings is 2. The summed E-state index contributed by atoms with van der Waals surface area (Å²) in [6.07, 6.45) is 6.53. The van der Waals surface area contributed by atoms with E-state index in [2.05, 4.69) is 31.8 Å². The molecule has 1 amide bonds. The van der Waals surface area contributed by atoms with E-state index in [1.807, 2.05) is 74.3 Å². The number of rotatable bonds is 2. The number of nitrogens with one attached hydrogen (secondary N) is 2. The second-order valence-electron chi connectivity index (χ2n) is 11.0. The van der Waals surface area contributed by atoms with Crippen molar-refractivity contribution in [1.82, 2.24) is 24.8 Å². The zero-order valence-corrected chi connectivity index (χ0v) is 20.8. The van der Waals surface area contributed by atoms with Gasteiger partial charge in [0, 0.05) is 17.7 Å². The smallest absolute Gasteiger partial charge is 0.410 e. The fourth-order valence-corrected chi connectivity index (χ4v) is 4.90. The van der Waals surface area contributed by atoms with E-state index >= 15 is 0 Å². The number of nitrogens with zero attached hydrogens (tertiary/aromatic N) is 3. The summed E-state index contributed by atoms with van der Waals surface area (Å²) in [5, 5.41) is 0. The Morgan fingerprint density at radius 1 is 1.08 bits per heavy atom. The van der Waals surface area contributed by atoms with E-state index in [1.165, 1.54) is 0 Å². The Labute approximate surface area is 210 Å². The lowest BCUT2D eigenvalue weighted by Crippen LogP contribution is -2.37. The average Bonchev–Trinajstić information content (AvgIpc) is 3.22. The summed E-state index contributed by atoms with van der Waals surface area (Å²) < 4.78 is 5.70. The van der Waals surface area contributed by atoms with Crippen molar-refractivity contribution in [2.24, 2.45) is 5.41 Å². The van der Waals surface area contributed by atoms with Gasteiger partial charge in [-0.1, -0.05) is 24.0 Å². The number of amides is 1. The number of hydrogen-bond donors (Lipinski definition) is 2. The normalized spacial score (nSPS) is 18.3. The van der Waals surface area contributed by atoms with Crippen LogP contribution in [0.25, 0.3) is 22.3 Å². The lowest BCUT2D eigenvalue weighted by molar-refractivity contribution is 0.0212. The first-order chi connectivity index (χ1) is 17.3. The van der Waals surface area contributed by atoms with Crippen LogP contribution in [-0.4, -0.2) is 43.1 Å². The number of aromatic amines is 2. The molecule has 0 radical (unpaired) electrons. The van der Waals surface area contributed by atoms with Crippen LogP contribution in [0.15, 0.2) is 55.0 Å². The van der Waals surface area contributed by atoms with Crippen molar-refractivity contribution in [2.75, 3.05) is 6.54 Å². The zero-order chi connectivity index (χ0) is 24.9. The van der Waals surface area contributed by atoms with Crippen LogP contribution < -0.4 is 0 Å². The van der Waals surface area contributed by atoms with Crippen LogP contribution in [0.3, 0.4) is 0 Å². The first kappa shape index (κ1) is 22.4. The highest BCUT2D eigenvalue weighted by atomic mass is 16.6. The number of carbonyl (C=O) groups is 1. The first-order valence-corrected chi connectivity index (χ1v) is 12.4. The van der Waals surface area contributed by atoms with E-state index in [9.17, 15) is 4.79 Å². The van der Waals surface area contributed by atoms with Crippen LogP contribution in [0, 0.1) is 17.3 Å². The third-order valence-corrected chi connectivity index (χ3v) is 6.97. The Balaban J connectivity index is 1.19. The van der Waals surface area contributed by atoms with Gasteiger partial charge in [-0.15, -0.1) is 0 Å². The van der Waals surface area contributed by atoms with Crippen LogP contribution in [-0.2, 0) is 4.74 Å². The topological polar surface area (TPSA) is 86.9 Å². The summed E-state index contributed by atoms with van der Waals surface area (Å²) in [6.45, 7) is 6.45. The maximum atomic E-state index is 12.9. The van der Waals surface area contributed by atoms with Gasteiger partial charge in [0.15, 0.2) is 0 Å². The van der Waals surface area contributed by atoms with E-state index in [0.717, 1.165) is 65.0 Å². The molecule has 1 saturated carbocycles. The highest BCUT2D eigenvalue weighted by Crippen LogP contribution is 2.58. The molecule has 1 spiro atoms. The minimum Gasteiger partial charge on any atom is -0.444 e. The van der Waals surface area contributed by atoms with E-state index < -0.39 is 5.60 Å². The molecule has 0 unspecified atom stereocenters. The fraction of sp³-hybridized carbons (Fsp3) is 0.345. The highest BCUT2D eigenvalue weighted by molar-refractivity contribution is 5.76. The number of H-pyrrole nitrogens is 2. The number of hydrogen-bond acceptors (Lipinski definition) is 4. The average molecular weight is 480 g/mol. The van der Waals surface area contributed by atoms with Crippen molar-refractivity contribution in [2.45, 2.75) is 51.7 Å². The van der Waals surface area contributed by atoms with Gasteiger partial charge >= 0.3 is 6.09 Å². The van der Waals surface area contributed by atoms with Gasteiger partial charge in [0.1, 0.15) is 11.4 Å². The second-order valence-corrected chi connectivity index (χ2v) is 11.0. The number of aromatic nitrogens is 4. The van der Waals surface area contributed by atoms with Crippen molar-refractivity contribution in [3.05, 3.63) is 71.9 Å². The molecule has 0 bridgehead atoms. The summed E-state index contributed by atoms with van der Waals surface area (Å²) in [5.41, 5.74) is 5.45. The molecule has 2 aliphatic rings. The number of ether oxygens (including phenoxy) is 1. The second kappa shape index (κ2) is 8.27. The molecule has 3 heterocycles. The predicted octanol–water partition coefficient (Wildman–Crippen LogP) is 5.81. The van der Waals surface area contributed by atoms with Crippen LogP contribution in [0.4, 0.5) is 4.79 Å². The van der Waals surface area contributed by atoms with E-state index in [-0.39, 0.29) is 17.6 Å². The minimum atomic E-state index is -0.522. The standard InChI is InChI=1S/C29H29N5O2/c1-28(2,3)36-27(35)34-17-29(12-13-29)15-25(34)26-30-16-24(33-26)21-9-6-19(7-10-21)4-5-20-8-11-22-23(14-20)32-18-31-22/h6-11,14,16,18,25H,12-13,15,17H2,1-3H3,(H,30,33)(H,31,32)/t25-/m0/s1. The maximum absolute atomic E-state index is 12.9. The van der Waals surface area contributed by atoms with Crippen molar-refractivity contribution < 1.29 is 9.53 Å². The summed E-state index contributed by atoms with van der Waals surface area (Å²) >= 11 is 0. The Kier molecular flexibility index (Phi) is 5.15. The molecule has 2 aromatic carbocycles. The van der Waals surface area contributed by atoms with E-state index in [0.29, 0.717) is 0 Å². The van der Waals surface area contributed by atoms with Crippen LogP contribution in [0.1, 0.15) is 63.0 Å². The van der Waals surface area contributed by atoms with Gasteiger partial charge < -0.3 is 14.7 Å². The number of carbonyl (C=O) groups excluding carboxylic acids is 1. The van der Waals surface area contributed by atoms with Gasteiger partial charge in [-0.25, -0.2) is 14.8 Å². The summed E-state index contributed by atoms with van der Waals surface area (Å²) in [4.78, 5) is 30.3. The Morgan fingerprint density at radius 2 is 1.83 bits per heavy atom. The monoisotopic (exact) mass is 479 g/mol. The summed E-state index contributed by atoms with van der Waals surface area (Å²) in [7, 11) is 0. The Morgan fingerprint density at radius 3 is 2.58 bits per heavy atom. The molecule has 2 fully saturated rings. The van der Waals surface area contributed by atoms with Crippen molar-refractivity contribution in [3.63, 3.8) is 0 Å². The van der Waals surface area contributed by atoms with Gasteiger partial charge in [-0.3, -0.25) is 4.90 Å². The third kappa shape index (κ3) is 4.47. The molecule has 182 valence electrons. The van der Waals surface area contributed by atoms with Crippen LogP contribution in [0.2, 0.25) is 0 Å². The number of likely N-dealkylation sites (tertiary alicyclic amines) is 1. The Hall–Kier alpha value is -4.05. The van der Waals surface area contributed by atoms with Crippen molar-refractivity contribution >= 4 is 17.1 Å². The van der Waals surface area contributed by atoms with Gasteiger partial charge in [0.25, 0.3) is 0 Å². The van der Waals surface area contributed by atoms with E-state index in [1.54, 1.807) is 6.33 Å². The van der Waals surface area contributed by atoms with Gasteiger partial charge in [0.2, 0.25) is 0 Å². The number of fused-ring (bicyclic) bond motifs is 1. The highest BCUT2D eigenvalue weighted by Gasteiger charge is 2.55. The molecule has 1 aliphatic heterocycles. The quantitative estimate of drug-likeness (QED) is 0.355. The summed E-state index contributed by atoms with van der Waals surface area (Å²) in [6, 6.07) is 14.0. The molecule has 4 aromatic rings. The molecule has 2 N–H and O–H groups in total. The van der Waals surface area contributed by atoms with E-state index in [4.69, 9.17) is 4.74 Å². The van der Waals surface area contributed by atoms with Gasteiger partial charge in [-0.2, -0.15) is 0 Å². The predicted molar refractivity (Wildman–Crippen MR) is 138 cm³/mol. The van der Waals surface area contributed by atoms with Gasteiger partial charge in [-0.05, 0) is 81.3 Å². The molecule has 6 rings (SSSR count). The molecule has 7 heteroatoms. The lowest BCUT2D eigenvalue weighted by atomic mass is 10.0. The SMILES string of the molecule is CC(C)(C)OC(=O)N1CC2(CC2)C[C@H]1c1ncc(-c2ccc(C#Cc3ccc4nc[nH]c4c3)cc2)[nH]1. The number of benzene rings is 2. The van der Waals surface area contributed by atoms with Crippen LogP contribution in [0.5, 0.6) is 0 Å². The third-order valence-electron chi connectivity index (χ3n) is 6.97. The molecule has 7 nitrogen and oxygen atoms in total. The fourth-order valence-electron chi connectivity index (χ4n) is 4.90. The molecule has 1 saturated heterocycles. The molecular weight excluding hydrogens is 450 g/mol. The van der Waals surface area contributed by atoms with Crippen molar-refractivity contribution in [1.29, 1.82) is 0 Å². The molecule has 1 aliphatic carbocycles. The Bertz CT molecular complexity index is 1490. The molecule has 2 aromatic heterocycles. The zero-order valence-electron chi connectivity index (χ0n) is 20.8. The first-order valence-electron chi connectivity index (χ1n) is 12.4. The summed E-state index contributed by atoms with van der Waals surface area (Å²) in [5.74, 6) is 7.27.